The number of fused-ring (bicyclic) bond motifs is 1. The van der Waals surface area contributed by atoms with Crippen LogP contribution in [0.4, 0.5) is 0 Å². The van der Waals surface area contributed by atoms with Crippen LogP contribution in [0.1, 0.15) is 12.5 Å². The van der Waals surface area contributed by atoms with Crippen LogP contribution in [0.25, 0.3) is 11.0 Å². The molecule has 0 aliphatic heterocycles. The Morgan fingerprint density at radius 3 is 2.93 bits per heavy atom. The van der Waals surface area contributed by atoms with Crippen LogP contribution in [-0.4, -0.2) is 6.54 Å². The highest BCUT2D eigenvalue weighted by Crippen LogP contribution is 2.29. The van der Waals surface area contributed by atoms with Gasteiger partial charge in [0.25, 0.3) is 0 Å². The number of furan rings is 1. The molecule has 0 radical (unpaired) electrons. The molecule has 0 aliphatic carbocycles. The molecule has 2 aromatic rings. The minimum Gasteiger partial charge on any atom is -0.464 e. The van der Waals surface area contributed by atoms with Gasteiger partial charge >= 0.3 is 0 Å². The van der Waals surface area contributed by atoms with Gasteiger partial charge < -0.3 is 10.2 Å². The number of nitrogens with two attached hydrogens (primary N) is 1. The first-order valence-electron chi connectivity index (χ1n) is 5.07. The van der Waals surface area contributed by atoms with Crippen LogP contribution in [0.15, 0.2) is 28.9 Å². The van der Waals surface area contributed by atoms with E-state index in [0.717, 1.165) is 28.0 Å². The highest BCUT2D eigenvalue weighted by atomic mass is 35.5. The molecule has 0 spiro atoms. The van der Waals surface area contributed by atoms with Crippen molar-refractivity contribution < 1.29 is 4.42 Å². The summed E-state index contributed by atoms with van der Waals surface area (Å²) < 4.78 is 5.28. The van der Waals surface area contributed by atoms with Gasteiger partial charge in [0, 0.05) is 5.39 Å². The van der Waals surface area contributed by atoms with Gasteiger partial charge in [0.15, 0.2) is 0 Å². The lowest BCUT2D eigenvalue weighted by molar-refractivity contribution is 0.592. The zero-order valence-corrected chi connectivity index (χ0v) is 9.42. The van der Waals surface area contributed by atoms with Crippen LogP contribution >= 0.6 is 11.6 Å². The number of halogens is 1. The van der Waals surface area contributed by atoms with Crippen molar-refractivity contribution >= 4 is 22.6 Å². The molecule has 0 saturated heterocycles. The number of rotatable bonds is 3. The summed E-state index contributed by atoms with van der Waals surface area (Å²) in [6.07, 6.45) is 2.57. The summed E-state index contributed by atoms with van der Waals surface area (Å²) in [7, 11) is 0. The van der Waals surface area contributed by atoms with Crippen molar-refractivity contribution in [3.8, 4) is 0 Å². The van der Waals surface area contributed by atoms with Crippen molar-refractivity contribution in [2.75, 3.05) is 6.54 Å². The minimum atomic E-state index is 0.451. The summed E-state index contributed by atoms with van der Waals surface area (Å²) in [4.78, 5) is 0. The molecule has 1 aromatic carbocycles. The summed E-state index contributed by atoms with van der Waals surface area (Å²) in [6, 6.07) is 5.87. The lowest BCUT2D eigenvalue weighted by atomic mass is 10.0. The molecule has 0 aliphatic rings. The fourth-order valence-corrected chi connectivity index (χ4v) is 1.97. The molecule has 80 valence electrons. The average Bonchev–Trinajstić information content (AvgIpc) is 2.70. The molecule has 1 aromatic heterocycles. The van der Waals surface area contributed by atoms with E-state index in [2.05, 4.69) is 6.92 Å². The van der Waals surface area contributed by atoms with Gasteiger partial charge in [-0.3, -0.25) is 0 Å². The Labute approximate surface area is 94.0 Å². The second-order valence-electron chi connectivity index (χ2n) is 3.92. The fraction of sp³-hybridized carbons (Fsp3) is 0.333. The topological polar surface area (TPSA) is 39.2 Å². The van der Waals surface area contributed by atoms with Gasteiger partial charge in [-0.1, -0.05) is 24.6 Å². The molecule has 2 N–H and O–H groups in total. The highest BCUT2D eigenvalue weighted by Gasteiger charge is 2.09. The first-order chi connectivity index (χ1) is 7.22. The smallest absolute Gasteiger partial charge is 0.135 e. The van der Waals surface area contributed by atoms with Crippen molar-refractivity contribution in [2.45, 2.75) is 13.3 Å². The molecule has 3 heteroatoms. The Balaban J connectivity index is 2.39. The maximum absolute atomic E-state index is 6.28. The largest absolute Gasteiger partial charge is 0.464 e. The molecule has 0 amide bonds. The quantitative estimate of drug-likeness (QED) is 0.868. The van der Waals surface area contributed by atoms with Crippen LogP contribution in [0, 0.1) is 5.92 Å². The summed E-state index contributed by atoms with van der Waals surface area (Å²) in [6.45, 7) is 2.80. The van der Waals surface area contributed by atoms with Gasteiger partial charge in [-0.05, 0) is 36.6 Å². The van der Waals surface area contributed by atoms with Gasteiger partial charge in [-0.25, -0.2) is 0 Å². The Morgan fingerprint density at radius 1 is 1.40 bits per heavy atom. The normalized spacial score (nSPS) is 13.3. The minimum absolute atomic E-state index is 0.451. The third kappa shape index (κ3) is 2.01. The predicted molar refractivity (Wildman–Crippen MR) is 63.1 cm³/mol. The first kappa shape index (κ1) is 10.5. The lowest BCUT2D eigenvalue weighted by Crippen LogP contribution is -2.13. The van der Waals surface area contributed by atoms with E-state index in [1.54, 1.807) is 6.26 Å². The highest BCUT2D eigenvalue weighted by molar-refractivity contribution is 6.36. The van der Waals surface area contributed by atoms with Crippen LogP contribution in [-0.2, 0) is 6.42 Å². The second-order valence-corrected chi connectivity index (χ2v) is 4.29. The Bertz CT molecular complexity index is 464. The summed E-state index contributed by atoms with van der Waals surface area (Å²) in [5, 5.41) is 1.78. The van der Waals surface area contributed by atoms with Gasteiger partial charge in [0.1, 0.15) is 5.58 Å². The van der Waals surface area contributed by atoms with Gasteiger partial charge in [0.2, 0.25) is 0 Å². The Hall–Kier alpha value is -0.990. The molecule has 0 fully saturated rings. The molecular formula is C12H14ClNO. The van der Waals surface area contributed by atoms with Crippen LogP contribution in [0.5, 0.6) is 0 Å². The molecule has 1 atom stereocenters. The summed E-state index contributed by atoms with van der Waals surface area (Å²) in [5.74, 6) is 0.451. The third-order valence-corrected chi connectivity index (χ3v) is 3.07. The molecule has 15 heavy (non-hydrogen) atoms. The van der Waals surface area contributed by atoms with Crippen LogP contribution in [0.3, 0.4) is 0 Å². The van der Waals surface area contributed by atoms with Crippen LogP contribution in [0.2, 0.25) is 5.02 Å². The average molecular weight is 224 g/mol. The second kappa shape index (κ2) is 4.25. The molecule has 1 heterocycles. The van der Waals surface area contributed by atoms with E-state index in [9.17, 15) is 0 Å². The first-order valence-corrected chi connectivity index (χ1v) is 5.45. The van der Waals surface area contributed by atoms with E-state index < -0.39 is 0 Å². The number of benzene rings is 1. The fourth-order valence-electron chi connectivity index (χ4n) is 1.67. The summed E-state index contributed by atoms with van der Waals surface area (Å²) >= 11 is 6.28. The van der Waals surface area contributed by atoms with E-state index in [0.29, 0.717) is 12.5 Å². The molecule has 2 nitrogen and oxygen atoms in total. The third-order valence-electron chi connectivity index (χ3n) is 2.62. The molecular weight excluding hydrogens is 210 g/mol. The molecule has 0 saturated carbocycles. The van der Waals surface area contributed by atoms with Gasteiger partial charge in [-0.2, -0.15) is 0 Å². The SMILES string of the molecule is CC(CN)Cc1ccc2occc2c1Cl. The Kier molecular flexibility index (Phi) is 2.98. The van der Waals surface area contributed by atoms with E-state index in [1.807, 2.05) is 18.2 Å². The molecule has 0 bridgehead atoms. The van der Waals surface area contributed by atoms with Crippen molar-refractivity contribution in [3.05, 3.63) is 35.0 Å². The van der Waals surface area contributed by atoms with E-state index in [4.69, 9.17) is 21.8 Å². The molecule has 2 rings (SSSR count). The van der Waals surface area contributed by atoms with Crippen LogP contribution < -0.4 is 5.73 Å². The van der Waals surface area contributed by atoms with Crippen molar-refractivity contribution in [3.63, 3.8) is 0 Å². The predicted octanol–water partition coefficient (Wildman–Crippen LogP) is 3.22. The van der Waals surface area contributed by atoms with Crippen molar-refractivity contribution in [1.82, 2.24) is 0 Å². The zero-order chi connectivity index (χ0) is 10.8. The Morgan fingerprint density at radius 2 is 2.20 bits per heavy atom. The zero-order valence-electron chi connectivity index (χ0n) is 8.66. The standard InChI is InChI=1S/C12H14ClNO/c1-8(7-14)6-9-2-3-11-10(12(9)13)4-5-15-11/h2-5,8H,6-7,14H2,1H3. The summed E-state index contributed by atoms with van der Waals surface area (Å²) in [5.41, 5.74) is 7.58. The van der Waals surface area contributed by atoms with E-state index in [-0.39, 0.29) is 0 Å². The van der Waals surface area contributed by atoms with Gasteiger partial charge in [-0.15, -0.1) is 0 Å². The molecule has 1 unspecified atom stereocenters. The lowest BCUT2D eigenvalue weighted by Gasteiger charge is -2.10. The van der Waals surface area contributed by atoms with E-state index in [1.165, 1.54) is 0 Å². The van der Waals surface area contributed by atoms with Crippen molar-refractivity contribution in [2.24, 2.45) is 11.7 Å². The van der Waals surface area contributed by atoms with E-state index >= 15 is 0 Å². The maximum Gasteiger partial charge on any atom is 0.135 e. The number of hydrogen-bond donors (Lipinski definition) is 1. The monoisotopic (exact) mass is 223 g/mol. The van der Waals surface area contributed by atoms with Gasteiger partial charge in [0.05, 0.1) is 11.3 Å². The van der Waals surface area contributed by atoms with Crippen molar-refractivity contribution in [1.29, 1.82) is 0 Å². The number of hydrogen-bond acceptors (Lipinski definition) is 2. The maximum atomic E-state index is 6.28.